The fourth-order valence-corrected chi connectivity index (χ4v) is 23.0. The number of hydrogen-bond donors (Lipinski definition) is 2. The standard InChI is InChI=1S/C22H29F3N2O5S.C21H27F3N2O5S.C20H25F3N2O4S.C18H20F3NO3S.C5H11BrO2.C3H7BrO/c1-16-6-4-7-17(12-16)33(28,29)21(2)8-11-32-19(14-21)18-13-20(22(23,24)25)26-27(18)9-5-10-31-15-30-3;1-15-5-3-6-16(11-15)32(27,28)17-7-10-31-19(12-17)18-13-20(21(22,23)24)25-26(18)8-4-9-30-14-29-2;1-14-5-3-6-15(11-14)30(27,28)19(2)7-10-29-17(13-19)16-12-18(20(21,22)23)24-25(16)8-4-9-26;1-12-4-3-5-14(8-12)26(23,24)17(2)6-7-25-15(10-17)13-9-16(22-11-13)18(19,20)21;1-7-5-8-4-2-3-6;4-2-1-3-5/h4,6-7,12-13,19H,5,8-11,14-15H2,1-3H3;3,5-6,11,13,17,19H,4,7-10,12,14H2,1-2H3;3,5-6,11-12,17,26H,4,7-10,13H2,1-2H3;3-5,8-9,15H,6-7,10-11H2,1-2H3;2-5H2,1H3;5H,1-3H2. The number of alkyl halides is 14. The Balaban J connectivity index is 0.000000233. The molecule has 0 radical (unpaired) electrons. The lowest BCUT2D eigenvalue weighted by molar-refractivity contribution is -0.142. The number of hydrogen-bond acceptors (Lipinski definition) is 24. The zero-order chi connectivity index (χ0) is 99.3. The monoisotopic (exact) mass is 2120 g/mol. The van der Waals surface area contributed by atoms with Gasteiger partial charge in [-0.1, -0.05) is 80.4 Å². The van der Waals surface area contributed by atoms with Crippen molar-refractivity contribution in [2.75, 3.05) is 118 Å². The third-order valence-corrected chi connectivity index (χ3v) is 33.4. The maximum atomic E-state index is 13.5. The minimum Gasteiger partial charge on any atom is -0.396 e. The van der Waals surface area contributed by atoms with Crippen LogP contribution >= 0.6 is 31.9 Å². The molecule has 45 heteroatoms. The molecule has 3 aromatic heterocycles. The van der Waals surface area contributed by atoms with Gasteiger partial charge in [-0.2, -0.15) is 68.0 Å². The Morgan fingerprint density at radius 2 is 0.761 bits per heavy atom. The molecule has 0 amide bonds. The molecule has 0 spiro atoms. The van der Waals surface area contributed by atoms with E-state index in [1.807, 2.05) is 26.0 Å². The SMILES string of the molecule is COCOCCCBr.COCOCCCn1nc(C(F)(F)F)cc1C1CC(C)(S(=O)(=O)c2cccc(C)c2)CCO1.COCOCCCn1nc(C(F)(F)F)cc1C1CC(S(=O)(=O)c2cccc(C)c2)CCO1.Cc1cccc(S(=O)(=O)C2(C)CCOC(C3=CC(C(F)(F)F)=NC3)C2)c1.Cc1cccc(S(=O)(=O)C2(C)CCOC(c3cc(C(F)(F)F)nn3CCCO)C2)c1.OCCCBr. The van der Waals surface area contributed by atoms with Gasteiger partial charge in [0.25, 0.3) is 0 Å². The zero-order valence-corrected chi connectivity index (χ0v) is 82.6. The van der Waals surface area contributed by atoms with Crippen LogP contribution in [-0.4, -0.2) is 229 Å². The summed E-state index contributed by atoms with van der Waals surface area (Å²) < 4.78 is 317. The maximum absolute atomic E-state index is 13.5. The molecule has 5 aliphatic rings. The Morgan fingerprint density at radius 1 is 0.433 bits per heavy atom. The van der Waals surface area contributed by atoms with Crippen molar-refractivity contribution >= 4 is 76.9 Å². The van der Waals surface area contributed by atoms with Crippen molar-refractivity contribution in [3.8, 4) is 0 Å². The summed E-state index contributed by atoms with van der Waals surface area (Å²) in [5.74, 6) is 0. The van der Waals surface area contributed by atoms with Crippen LogP contribution < -0.4 is 0 Å². The highest BCUT2D eigenvalue weighted by Gasteiger charge is 2.51. The molecule has 27 nitrogen and oxygen atoms in total. The topological polar surface area (TPSA) is 335 Å². The van der Waals surface area contributed by atoms with Crippen LogP contribution in [0.4, 0.5) is 52.7 Å². The number of halogens is 14. The molecule has 2 N–H and O–H groups in total. The second-order valence-corrected chi connectivity index (χ2v) is 44.3. The molecule has 0 saturated carbocycles. The van der Waals surface area contributed by atoms with E-state index in [2.05, 4.69) is 56.9 Å². The normalized spacial score (nSPS) is 21.5. The molecule has 4 fully saturated rings. The number of ether oxygens (including phenoxy) is 10. The van der Waals surface area contributed by atoms with E-state index in [9.17, 15) is 86.4 Å². The summed E-state index contributed by atoms with van der Waals surface area (Å²) in [6.45, 7) is 14.9. The third kappa shape index (κ3) is 31.9. The summed E-state index contributed by atoms with van der Waals surface area (Å²) in [6.07, 6.45) is -16.4. The minimum atomic E-state index is -4.63. The zero-order valence-electron chi connectivity index (χ0n) is 76.2. The molecule has 5 aliphatic heterocycles. The molecule has 8 unspecified atom stereocenters. The van der Waals surface area contributed by atoms with Crippen molar-refractivity contribution in [2.24, 2.45) is 4.99 Å². The summed E-state index contributed by atoms with van der Waals surface area (Å²) >= 11 is 6.43. The first-order valence-corrected chi connectivity index (χ1v) is 51.2. The molecular weight excluding hydrogens is 2000 g/mol. The van der Waals surface area contributed by atoms with E-state index in [1.165, 1.54) is 29.6 Å². The number of aromatic nitrogens is 6. The first-order valence-electron chi connectivity index (χ1n) is 43.0. The molecule has 0 aliphatic carbocycles. The van der Waals surface area contributed by atoms with E-state index < -0.39 is 131 Å². The lowest BCUT2D eigenvalue weighted by atomic mass is 9.92. The number of allylic oxidation sites excluding steroid dienone is 1. The first-order chi connectivity index (χ1) is 62.9. The van der Waals surface area contributed by atoms with Gasteiger partial charge in [0, 0.05) is 91.3 Å². The molecule has 8 heterocycles. The van der Waals surface area contributed by atoms with Gasteiger partial charge in [0.2, 0.25) is 0 Å². The van der Waals surface area contributed by atoms with Crippen LogP contribution in [0.3, 0.4) is 0 Å². The largest absolute Gasteiger partial charge is 0.435 e. The average Bonchev–Trinajstić information content (AvgIpc) is 1.30. The van der Waals surface area contributed by atoms with Crippen molar-refractivity contribution < 1.29 is 144 Å². The number of benzene rings is 4. The van der Waals surface area contributed by atoms with E-state index in [0.29, 0.717) is 38.2 Å². The molecule has 4 aromatic carbocycles. The first kappa shape index (κ1) is 114. The summed E-state index contributed by atoms with van der Waals surface area (Å²) in [5.41, 5.74) is 0.171. The van der Waals surface area contributed by atoms with Crippen LogP contribution in [0.25, 0.3) is 0 Å². The van der Waals surface area contributed by atoms with Gasteiger partial charge in [-0.3, -0.25) is 19.0 Å². The Labute approximate surface area is 791 Å². The summed E-state index contributed by atoms with van der Waals surface area (Å²) in [4.78, 5) is 4.34. The molecule has 0 bridgehead atoms. The Morgan fingerprint density at radius 3 is 1.09 bits per heavy atom. The Hall–Kier alpha value is -6.64. The molecule has 7 aromatic rings. The van der Waals surface area contributed by atoms with E-state index in [4.69, 9.17) is 52.8 Å². The van der Waals surface area contributed by atoms with E-state index >= 15 is 0 Å². The smallest absolute Gasteiger partial charge is 0.396 e. The van der Waals surface area contributed by atoms with Crippen LogP contribution in [0.1, 0.15) is 179 Å². The van der Waals surface area contributed by atoms with Crippen LogP contribution in [0, 0.1) is 27.7 Å². The molecular formula is C89H119Br2F12N7O20S4. The predicted octanol–water partition coefficient (Wildman–Crippen LogP) is 17.7. The van der Waals surface area contributed by atoms with Gasteiger partial charge in [-0.05, 0) is 233 Å². The quantitative estimate of drug-likeness (QED) is 0.0164. The number of methoxy groups -OCH3 is 3. The second-order valence-electron chi connectivity index (χ2n) is 33.1. The van der Waals surface area contributed by atoms with Gasteiger partial charge < -0.3 is 57.6 Å². The number of sulfone groups is 4. The van der Waals surface area contributed by atoms with E-state index in [-0.39, 0.29) is 174 Å². The van der Waals surface area contributed by atoms with Gasteiger partial charge in [0.1, 0.15) is 44.4 Å². The number of aryl methyl sites for hydroxylation is 7. The van der Waals surface area contributed by atoms with Crippen molar-refractivity contribution in [2.45, 2.75) is 240 Å². The van der Waals surface area contributed by atoms with Crippen molar-refractivity contribution in [3.63, 3.8) is 0 Å². The highest BCUT2D eigenvalue weighted by molar-refractivity contribution is 9.09. The average molecular weight is 2120 g/mol. The highest BCUT2D eigenvalue weighted by Crippen LogP contribution is 2.47. The Bertz CT molecular complexity index is 5410. The summed E-state index contributed by atoms with van der Waals surface area (Å²) in [7, 11) is -10.2. The Kier molecular flexibility index (Phi) is 43.9. The lowest BCUT2D eigenvalue weighted by Gasteiger charge is -2.38. The van der Waals surface area contributed by atoms with Crippen molar-refractivity contribution in [1.82, 2.24) is 29.3 Å². The van der Waals surface area contributed by atoms with Gasteiger partial charge >= 0.3 is 24.7 Å². The van der Waals surface area contributed by atoms with Crippen LogP contribution in [-0.2, 0) is 125 Å². The fourth-order valence-electron chi connectivity index (χ4n) is 15.0. The van der Waals surface area contributed by atoms with Gasteiger partial charge in [0.15, 0.2) is 56.4 Å². The number of aliphatic hydroxyl groups is 2. The van der Waals surface area contributed by atoms with Crippen LogP contribution in [0.15, 0.2) is 151 Å². The maximum Gasteiger partial charge on any atom is 0.435 e. The highest BCUT2D eigenvalue weighted by atomic mass is 79.9. The van der Waals surface area contributed by atoms with E-state index in [0.717, 1.165) is 81.3 Å². The summed E-state index contributed by atoms with van der Waals surface area (Å²) in [6, 6.07) is 29.3. The predicted molar refractivity (Wildman–Crippen MR) is 482 cm³/mol. The number of rotatable bonds is 34. The van der Waals surface area contributed by atoms with Gasteiger partial charge in [-0.15, -0.1) is 0 Å². The third-order valence-electron chi connectivity index (χ3n) is 22.5. The molecule has 134 heavy (non-hydrogen) atoms. The van der Waals surface area contributed by atoms with Gasteiger partial charge in [-0.25, -0.2) is 33.7 Å². The number of aliphatic imine (C=N–C) groups is 1. The number of nitrogens with zero attached hydrogens (tertiary/aromatic N) is 7. The van der Waals surface area contributed by atoms with Crippen molar-refractivity contribution in [1.29, 1.82) is 0 Å². The van der Waals surface area contributed by atoms with Crippen molar-refractivity contribution in [3.05, 3.63) is 183 Å². The molecule has 752 valence electrons. The second kappa shape index (κ2) is 51.5. The summed E-state index contributed by atoms with van der Waals surface area (Å²) in [5, 5.41) is 29.3. The molecule has 4 saturated heterocycles. The van der Waals surface area contributed by atoms with E-state index in [1.54, 1.807) is 121 Å². The molecule has 8 atom stereocenters. The number of aliphatic hydroxyl groups excluding tert-OH is 2. The van der Waals surface area contributed by atoms with Crippen LogP contribution in [0.5, 0.6) is 0 Å². The molecule has 12 rings (SSSR count). The van der Waals surface area contributed by atoms with Gasteiger partial charge in [0.05, 0.1) is 88.6 Å². The minimum absolute atomic E-state index is 0.00535. The fraction of sp³-hybridized carbons (Fsp3) is 0.596. The lowest BCUT2D eigenvalue weighted by Crippen LogP contribution is -2.45. The van der Waals surface area contributed by atoms with Crippen LogP contribution in [0.2, 0.25) is 0 Å².